The van der Waals surface area contributed by atoms with E-state index in [1.54, 1.807) is 4.40 Å². The van der Waals surface area contributed by atoms with Crippen LogP contribution in [0.15, 0.2) is 205 Å². The Morgan fingerprint density at radius 1 is 0.393 bits per heavy atom. The van der Waals surface area contributed by atoms with Crippen LogP contribution in [0.1, 0.15) is 0 Å². The largest absolute Gasteiger partial charge is 0.311 e. The van der Waals surface area contributed by atoms with Crippen molar-refractivity contribution in [2.24, 2.45) is 0 Å². The number of benzene rings is 8. The summed E-state index contributed by atoms with van der Waals surface area (Å²) in [4.78, 5) is 21.2. The second-order valence-corrected chi connectivity index (χ2v) is 14.0. The molecule has 6 nitrogen and oxygen atoms in total. The second kappa shape index (κ2) is 12.7. The Labute approximate surface area is 322 Å². The summed E-state index contributed by atoms with van der Waals surface area (Å²) in [7, 11) is 0. The first-order valence-electron chi connectivity index (χ1n) is 18.8. The number of fused-ring (bicyclic) bond motifs is 7. The molecule has 0 N–H and O–H groups in total. The normalized spacial score (nSPS) is 11.6. The maximum atomic E-state index is 13.9. The molecule has 6 heteroatoms. The molecular formula is C50H33N5O. The molecule has 0 amide bonds. The van der Waals surface area contributed by atoms with E-state index in [0.29, 0.717) is 16.7 Å². The number of rotatable bonds is 6. The molecule has 11 rings (SSSR count). The van der Waals surface area contributed by atoms with Gasteiger partial charge in [0.25, 0.3) is 5.56 Å². The lowest BCUT2D eigenvalue weighted by Gasteiger charge is -2.25. The van der Waals surface area contributed by atoms with E-state index in [1.807, 2.05) is 54.6 Å². The van der Waals surface area contributed by atoms with E-state index in [2.05, 4.69) is 160 Å². The summed E-state index contributed by atoms with van der Waals surface area (Å²) >= 11 is 0. The van der Waals surface area contributed by atoms with Gasteiger partial charge in [0.2, 0.25) is 5.78 Å². The Morgan fingerprint density at radius 3 is 1.61 bits per heavy atom. The van der Waals surface area contributed by atoms with Gasteiger partial charge in [-0.1, -0.05) is 103 Å². The van der Waals surface area contributed by atoms with Crippen LogP contribution in [0.4, 0.5) is 17.1 Å². The van der Waals surface area contributed by atoms with Crippen LogP contribution in [-0.2, 0) is 0 Å². The highest BCUT2D eigenvalue weighted by Crippen LogP contribution is 2.37. The van der Waals surface area contributed by atoms with Crippen LogP contribution in [-0.4, -0.2) is 18.5 Å². The number of anilines is 3. The Bertz CT molecular complexity index is 3270. The molecular weight excluding hydrogens is 687 g/mol. The van der Waals surface area contributed by atoms with Gasteiger partial charge in [0, 0.05) is 39.2 Å². The second-order valence-electron chi connectivity index (χ2n) is 14.0. The van der Waals surface area contributed by atoms with Gasteiger partial charge in [-0.3, -0.25) is 9.36 Å². The lowest BCUT2D eigenvalue weighted by molar-refractivity contribution is 1.05. The number of nitrogens with zero attached hydrogens (tertiary/aromatic N) is 5. The summed E-state index contributed by atoms with van der Waals surface area (Å²) in [5.74, 6) is 0.592. The zero-order chi connectivity index (χ0) is 37.2. The minimum atomic E-state index is -0.0704. The monoisotopic (exact) mass is 719 g/mol. The van der Waals surface area contributed by atoms with Crippen LogP contribution in [0.25, 0.3) is 72.0 Å². The minimum absolute atomic E-state index is 0.0704. The third kappa shape index (κ3) is 4.97. The van der Waals surface area contributed by atoms with Crippen molar-refractivity contribution in [3.63, 3.8) is 0 Å². The molecule has 0 unspecified atom stereocenters. The number of para-hydroxylation sites is 6. The van der Waals surface area contributed by atoms with Gasteiger partial charge >= 0.3 is 0 Å². The summed E-state index contributed by atoms with van der Waals surface area (Å²) in [6.07, 6.45) is 0. The summed E-state index contributed by atoms with van der Waals surface area (Å²) in [5.41, 5.74) is 12.2. The van der Waals surface area contributed by atoms with Crippen LogP contribution < -0.4 is 10.5 Å². The van der Waals surface area contributed by atoms with Crippen molar-refractivity contribution in [1.29, 1.82) is 0 Å². The van der Waals surface area contributed by atoms with Crippen molar-refractivity contribution in [1.82, 2.24) is 18.5 Å². The highest BCUT2D eigenvalue weighted by atomic mass is 16.1. The van der Waals surface area contributed by atoms with E-state index < -0.39 is 0 Å². The van der Waals surface area contributed by atoms with Gasteiger partial charge in [0.05, 0.1) is 33.0 Å². The maximum absolute atomic E-state index is 13.9. The van der Waals surface area contributed by atoms with Crippen LogP contribution in [0.2, 0.25) is 0 Å². The topological polar surface area (TPSA) is 47.5 Å². The molecule has 0 bridgehead atoms. The molecule has 0 aliphatic carbocycles. The molecule has 0 aliphatic heterocycles. The molecule has 0 saturated carbocycles. The van der Waals surface area contributed by atoms with Crippen molar-refractivity contribution in [3.05, 3.63) is 211 Å². The van der Waals surface area contributed by atoms with Crippen molar-refractivity contribution < 1.29 is 0 Å². The molecule has 56 heavy (non-hydrogen) atoms. The summed E-state index contributed by atoms with van der Waals surface area (Å²) < 4.78 is 6.18. The first-order valence-corrected chi connectivity index (χ1v) is 18.8. The highest BCUT2D eigenvalue weighted by Gasteiger charge is 2.19. The van der Waals surface area contributed by atoms with Crippen molar-refractivity contribution in [2.45, 2.75) is 0 Å². The molecule has 0 aliphatic rings. The van der Waals surface area contributed by atoms with Crippen molar-refractivity contribution >= 4 is 66.6 Å². The van der Waals surface area contributed by atoms with Crippen molar-refractivity contribution in [2.75, 3.05) is 4.90 Å². The molecule has 11 aromatic rings. The van der Waals surface area contributed by atoms with Gasteiger partial charge in [-0.2, -0.15) is 0 Å². The van der Waals surface area contributed by atoms with E-state index >= 15 is 0 Å². The zero-order valence-electron chi connectivity index (χ0n) is 30.2. The predicted octanol–water partition coefficient (Wildman–Crippen LogP) is 12.0. The average molecular weight is 720 g/mol. The standard InChI is InChI=1S/C50H33N5O/c56-49-42-18-7-9-19-44(42)51-50-54(47-21-11-12-22-48(47)55(49)50)40-31-32-46-43(33-40)41-17-8-10-20-45(41)53(46)39-29-25-35(26-30-39)34-23-27-38(28-24-34)52(36-13-3-1-4-14-36)37-15-5-2-6-16-37/h1-33H. The smallest absolute Gasteiger partial charge is 0.267 e. The third-order valence-electron chi connectivity index (χ3n) is 10.8. The van der Waals surface area contributed by atoms with Gasteiger partial charge in [-0.25, -0.2) is 9.38 Å². The van der Waals surface area contributed by atoms with Gasteiger partial charge < -0.3 is 9.47 Å². The molecule has 0 saturated heterocycles. The quantitative estimate of drug-likeness (QED) is 0.172. The lowest BCUT2D eigenvalue weighted by Crippen LogP contribution is -2.15. The molecule has 3 heterocycles. The van der Waals surface area contributed by atoms with E-state index in [9.17, 15) is 4.79 Å². The zero-order valence-corrected chi connectivity index (χ0v) is 30.2. The SMILES string of the molecule is O=c1c2ccccc2nc2n(-c3ccc4c(c3)c3ccccc3n4-c3ccc(-c4ccc(N(c5ccccc5)c5ccccc5)cc4)cc3)c3ccccc3n12. The van der Waals surface area contributed by atoms with Gasteiger partial charge in [0.1, 0.15) is 0 Å². The molecule has 8 aromatic carbocycles. The predicted molar refractivity (Wildman–Crippen MR) is 230 cm³/mol. The highest BCUT2D eigenvalue weighted by molar-refractivity contribution is 6.10. The minimum Gasteiger partial charge on any atom is -0.311 e. The molecule has 0 fully saturated rings. The summed E-state index contributed by atoms with van der Waals surface area (Å²) in [6.45, 7) is 0. The number of hydrogen-bond acceptors (Lipinski definition) is 3. The Hall–Kier alpha value is -7.70. The fourth-order valence-electron chi connectivity index (χ4n) is 8.28. The molecule has 0 atom stereocenters. The fraction of sp³-hybridized carbons (Fsp3) is 0. The average Bonchev–Trinajstić information content (AvgIpc) is 3.77. The van der Waals surface area contributed by atoms with Crippen molar-refractivity contribution in [3.8, 4) is 22.5 Å². The maximum Gasteiger partial charge on any atom is 0.267 e. The fourth-order valence-corrected chi connectivity index (χ4v) is 8.28. The van der Waals surface area contributed by atoms with E-state index in [-0.39, 0.29) is 5.56 Å². The van der Waals surface area contributed by atoms with E-state index in [0.717, 1.165) is 72.4 Å². The van der Waals surface area contributed by atoms with E-state index in [1.165, 1.54) is 0 Å². The van der Waals surface area contributed by atoms with Crippen LogP contribution >= 0.6 is 0 Å². The summed E-state index contributed by atoms with van der Waals surface area (Å²) in [5, 5.41) is 2.88. The Kier molecular flexibility index (Phi) is 7.22. The number of hydrogen-bond donors (Lipinski definition) is 0. The summed E-state index contributed by atoms with van der Waals surface area (Å²) in [6, 6.07) is 69.3. The molecule has 3 aromatic heterocycles. The van der Waals surface area contributed by atoms with Crippen LogP contribution in [0, 0.1) is 0 Å². The van der Waals surface area contributed by atoms with Crippen LogP contribution in [0.3, 0.4) is 0 Å². The number of imidazole rings is 1. The lowest BCUT2D eigenvalue weighted by atomic mass is 10.0. The van der Waals surface area contributed by atoms with Gasteiger partial charge in [-0.15, -0.1) is 0 Å². The molecule has 0 radical (unpaired) electrons. The first-order chi connectivity index (χ1) is 27.7. The van der Waals surface area contributed by atoms with E-state index in [4.69, 9.17) is 4.98 Å². The Balaban J connectivity index is 0.996. The molecule has 264 valence electrons. The number of aromatic nitrogens is 4. The van der Waals surface area contributed by atoms with Crippen LogP contribution in [0.5, 0.6) is 0 Å². The Morgan fingerprint density at radius 2 is 0.911 bits per heavy atom. The van der Waals surface area contributed by atoms with Gasteiger partial charge in [-0.05, 0) is 108 Å². The first kappa shape index (κ1) is 31.8. The third-order valence-corrected chi connectivity index (χ3v) is 10.8. The van der Waals surface area contributed by atoms with Gasteiger partial charge in [0.15, 0.2) is 0 Å². The molecule has 0 spiro atoms.